The Hall–Kier alpha value is -0.490. The lowest BCUT2D eigenvalue weighted by atomic mass is 9.43. The zero-order chi connectivity index (χ0) is 18.9. The molecule has 0 bridgehead atoms. The maximum absolute atomic E-state index is 12.4. The smallest absolute Gasteiger partial charge is 0.190 e. The van der Waals surface area contributed by atoms with E-state index in [2.05, 4.69) is 6.92 Å². The number of hydrogen-bond donors (Lipinski definition) is 4. The van der Waals surface area contributed by atoms with E-state index in [4.69, 9.17) is 0 Å². The monoisotopic (exact) mass is 366 g/mol. The molecule has 0 aromatic heterocycles. The third kappa shape index (κ3) is 2.27. The van der Waals surface area contributed by atoms with Gasteiger partial charge in [0.2, 0.25) is 0 Å². The highest BCUT2D eigenvalue weighted by molar-refractivity contribution is 5.89. The van der Waals surface area contributed by atoms with E-state index in [1.165, 1.54) is 0 Å². The molecule has 0 heterocycles. The lowest BCUT2D eigenvalue weighted by molar-refractivity contribution is -0.202. The van der Waals surface area contributed by atoms with E-state index in [9.17, 15) is 25.2 Å². The predicted molar refractivity (Wildman–Crippen MR) is 96.2 cm³/mol. The number of Topliss-reactive ketones (excluding diaryl/α,β-unsaturated/α-hetero) is 1. The van der Waals surface area contributed by atoms with Gasteiger partial charge in [-0.15, -0.1) is 0 Å². The molecule has 0 aliphatic heterocycles. The molecule has 5 heteroatoms. The Morgan fingerprint density at radius 2 is 1.81 bits per heavy atom. The summed E-state index contributed by atoms with van der Waals surface area (Å²) >= 11 is 0. The minimum Gasteiger partial charge on any atom is -0.393 e. The maximum atomic E-state index is 12.4. The quantitative estimate of drug-likeness (QED) is 0.596. The first kappa shape index (κ1) is 18.9. The summed E-state index contributed by atoms with van der Waals surface area (Å²) < 4.78 is 0. The molecule has 4 fully saturated rings. The summed E-state index contributed by atoms with van der Waals surface area (Å²) in [6.45, 7) is 3.61. The van der Waals surface area contributed by atoms with Crippen LogP contribution in [0.15, 0.2) is 0 Å². The molecule has 0 radical (unpaired) electrons. The number of carbonyl (C=O) groups is 1. The standard InChI is InChI=1S/C21H34O5/c1-19-7-5-13(23)9-12(19)3-4-14-15-6-8-21(26,17(25)11-22)20(15,2)10-16(24)18(14)19/h12-16,18,22-24,26H,3-11H2,1-2H3/t12?,13?,14-,15-,16?,18+,19-,20-,21-/m0/s1. The van der Waals surface area contributed by atoms with Crippen molar-refractivity contribution in [3.63, 3.8) is 0 Å². The fourth-order valence-corrected chi connectivity index (χ4v) is 7.95. The van der Waals surface area contributed by atoms with Gasteiger partial charge in [-0.3, -0.25) is 4.79 Å². The number of ketones is 1. The molecule has 26 heavy (non-hydrogen) atoms. The normalized spacial score (nSPS) is 56.4. The van der Waals surface area contributed by atoms with Gasteiger partial charge in [-0.05, 0) is 80.5 Å². The summed E-state index contributed by atoms with van der Waals surface area (Å²) in [7, 11) is 0. The van der Waals surface area contributed by atoms with Crippen LogP contribution in [0.1, 0.15) is 65.2 Å². The second-order valence-corrected chi connectivity index (χ2v) is 10.2. The molecule has 5 nitrogen and oxygen atoms in total. The van der Waals surface area contributed by atoms with E-state index < -0.39 is 29.5 Å². The van der Waals surface area contributed by atoms with Crippen molar-refractivity contribution in [3.05, 3.63) is 0 Å². The number of aliphatic hydroxyl groups excluding tert-OH is 3. The highest BCUT2D eigenvalue weighted by atomic mass is 16.3. The molecule has 0 spiro atoms. The van der Waals surface area contributed by atoms with E-state index in [1.54, 1.807) is 0 Å². The topological polar surface area (TPSA) is 98.0 Å². The van der Waals surface area contributed by atoms with E-state index in [0.29, 0.717) is 24.7 Å². The van der Waals surface area contributed by atoms with Gasteiger partial charge in [0.1, 0.15) is 12.2 Å². The summed E-state index contributed by atoms with van der Waals surface area (Å²) in [6, 6.07) is 0. The van der Waals surface area contributed by atoms with Gasteiger partial charge in [0.15, 0.2) is 5.78 Å². The third-order valence-electron chi connectivity index (χ3n) is 9.33. The lowest BCUT2D eigenvalue weighted by Gasteiger charge is -2.62. The highest BCUT2D eigenvalue weighted by Crippen LogP contribution is 2.68. The lowest BCUT2D eigenvalue weighted by Crippen LogP contribution is -2.63. The van der Waals surface area contributed by atoms with Crippen molar-refractivity contribution in [2.24, 2.45) is 34.5 Å². The average molecular weight is 366 g/mol. The summed E-state index contributed by atoms with van der Waals surface area (Å²) in [5.41, 5.74) is -2.14. The van der Waals surface area contributed by atoms with Gasteiger partial charge in [-0.25, -0.2) is 0 Å². The average Bonchev–Trinajstić information content (AvgIpc) is 2.86. The van der Waals surface area contributed by atoms with Crippen molar-refractivity contribution >= 4 is 5.78 Å². The predicted octanol–water partition coefficient (Wildman–Crippen LogP) is 1.65. The Kier molecular flexibility index (Phi) is 4.35. The van der Waals surface area contributed by atoms with E-state index in [-0.39, 0.29) is 23.4 Å². The van der Waals surface area contributed by atoms with Gasteiger partial charge < -0.3 is 20.4 Å². The Morgan fingerprint density at radius 1 is 1.08 bits per heavy atom. The number of hydrogen-bond acceptors (Lipinski definition) is 5. The van der Waals surface area contributed by atoms with Crippen molar-refractivity contribution in [2.45, 2.75) is 83.0 Å². The minimum absolute atomic E-state index is 0.0323. The molecule has 4 N–H and O–H groups in total. The molecular formula is C21H34O5. The SMILES string of the molecule is C[C@]12CCC(O)CC1CC[C@@H]1[C@@H]2C(O)C[C@@]2(C)[C@H]1CC[C@]2(O)C(=O)CO. The van der Waals surface area contributed by atoms with Crippen molar-refractivity contribution in [3.8, 4) is 0 Å². The first-order valence-electron chi connectivity index (χ1n) is 10.4. The van der Waals surface area contributed by atoms with Gasteiger partial charge in [0.25, 0.3) is 0 Å². The molecule has 4 aliphatic rings. The maximum Gasteiger partial charge on any atom is 0.190 e. The van der Waals surface area contributed by atoms with Crippen LogP contribution in [0.25, 0.3) is 0 Å². The fraction of sp³-hybridized carbons (Fsp3) is 0.952. The molecular weight excluding hydrogens is 332 g/mol. The van der Waals surface area contributed by atoms with Crippen LogP contribution in [0.5, 0.6) is 0 Å². The Labute approximate surface area is 155 Å². The van der Waals surface area contributed by atoms with Crippen LogP contribution in [0.2, 0.25) is 0 Å². The van der Waals surface area contributed by atoms with E-state index in [0.717, 1.165) is 38.5 Å². The number of aliphatic hydroxyl groups is 4. The van der Waals surface area contributed by atoms with Crippen LogP contribution in [0.3, 0.4) is 0 Å². The van der Waals surface area contributed by atoms with Crippen molar-refractivity contribution < 1.29 is 25.2 Å². The van der Waals surface area contributed by atoms with Crippen LogP contribution in [0, 0.1) is 34.5 Å². The van der Waals surface area contributed by atoms with E-state index in [1.807, 2.05) is 6.92 Å². The first-order chi connectivity index (χ1) is 12.2. The van der Waals surface area contributed by atoms with Gasteiger partial charge in [0.05, 0.1) is 12.2 Å². The van der Waals surface area contributed by atoms with Crippen LogP contribution in [-0.2, 0) is 4.79 Å². The molecule has 0 saturated heterocycles. The molecule has 0 aromatic carbocycles. The van der Waals surface area contributed by atoms with Crippen LogP contribution < -0.4 is 0 Å². The van der Waals surface area contributed by atoms with Crippen molar-refractivity contribution in [1.82, 2.24) is 0 Å². The zero-order valence-electron chi connectivity index (χ0n) is 16.0. The summed E-state index contributed by atoms with van der Waals surface area (Å²) in [5.74, 6) is 0.653. The molecule has 4 saturated carbocycles. The Bertz CT molecular complexity index is 593. The second-order valence-electron chi connectivity index (χ2n) is 10.2. The second kappa shape index (κ2) is 6.00. The van der Waals surface area contributed by atoms with Crippen LogP contribution in [0.4, 0.5) is 0 Å². The Morgan fingerprint density at radius 3 is 2.50 bits per heavy atom. The number of carbonyl (C=O) groups excluding carboxylic acids is 1. The van der Waals surface area contributed by atoms with Crippen LogP contribution in [-0.4, -0.2) is 50.6 Å². The van der Waals surface area contributed by atoms with Crippen LogP contribution >= 0.6 is 0 Å². The number of rotatable bonds is 2. The van der Waals surface area contributed by atoms with Gasteiger partial charge in [0, 0.05) is 5.41 Å². The molecule has 4 rings (SSSR count). The Balaban J connectivity index is 1.69. The highest BCUT2D eigenvalue weighted by Gasteiger charge is 2.68. The summed E-state index contributed by atoms with van der Waals surface area (Å²) in [6.07, 6.45) is 5.48. The molecule has 4 aliphatic carbocycles. The summed E-state index contributed by atoms with van der Waals surface area (Å²) in [5, 5.41) is 41.9. The van der Waals surface area contributed by atoms with Gasteiger partial charge in [-0.2, -0.15) is 0 Å². The summed E-state index contributed by atoms with van der Waals surface area (Å²) in [4.78, 5) is 12.4. The molecule has 0 amide bonds. The fourth-order valence-electron chi connectivity index (χ4n) is 7.95. The molecule has 148 valence electrons. The van der Waals surface area contributed by atoms with Crippen molar-refractivity contribution in [2.75, 3.05) is 6.61 Å². The van der Waals surface area contributed by atoms with Crippen molar-refractivity contribution in [1.29, 1.82) is 0 Å². The van der Waals surface area contributed by atoms with Gasteiger partial charge in [-0.1, -0.05) is 13.8 Å². The zero-order valence-corrected chi connectivity index (χ0v) is 16.0. The van der Waals surface area contributed by atoms with Gasteiger partial charge >= 0.3 is 0 Å². The molecule has 9 atom stereocenters. The minimum atomic E-state index is -1.52. The third-order valence-corrected chi connectivity index (χ3v) is 9.33. The largest absolute Gasteiger partial charge is 0.393 e. The van der Waals surface area contributed by atoms with E-state index >= 15 is 0 Å². The number of fused-ring (bicyclic) bond motifs is 5. The first-order valence-corrected chi connectivity index (χ1v) is 10.4. The molecule has 0 aromatic rings. The molecule has 3 unspecified atom stereocenters.